The van der Waals surface area contributed by atoms with E-state index in [9.17, 15) is 14.4 Å². The third kappa shape index (κ3) is 2.69. The molecule has 3 amide bonds. The van der Waals surface area contributed by atoms with Crippen molar-refractivity contribution in [3.05, 3.63) is 0 Å². The van der Waals surface area contributed by atoms with Crippen molar-refractivity contribution < 1.29 is 14.4 Å². The van der Waals surface area contributed by atoms with Gasteiger partial charge in [-0.15, -0.1) is 0 Å². The summed E-state index contributed by atoms with van der Waals surface area (Å²) in [6.45, 7) is 2.05. The number of likely N-dealkylation sites (tertiary alicyclic amines) is 2. The molecule has 122 valence electrons. The van der Waals surface area contributed by atoms with Gasteiger partial charge in [-0.3, -0.25) is 14.4 Å². The molecule has 3 rings (SSSR count). The summed E-state index contributed by atoms with van der Waals surface area (Å²) in [5.41, 5.74) is 5.40. The van der Waals surface area contributed by atoms with Gasteiger partial charge in [0.2, 0.25) is 17.7 Å². The molecule has 0 aromatic carbocycles. The standard InChI is InChI=1S/C15H24N4O3/c16-13(20)11-5-2-8-18(11)15(22)12-6-3-9-19(12)14(21)10-4-1-7-17-10/h10-12,17H,1-9H2,(H2,16,20)/t10-,11-,12-/m0/s1. The van der Waals surface area contributed by atoms with Crippen molar-refractivity contribution in [2.24, 2.45) is 5.73 Å². The first kappa shape index (κ1) is 15.3. The summed E-state index contributed by atoms with van der Waals surface area (Å²) >= 11 is 0. The minimum absolute atomic E-state index is 0.0307. The van der Waals surface area contributed by atoms with Crippen LogP contribution in [0, 0.1) is 0 Å². The number of carbonyl (C=O) groups excluding carboxylic acids is 3. The molecule has 0 aromatic rings. The SMILES string of the molecule is NC(=O)[C@@H]1CCCN1C(=O)[C@@H]1CCCN1C(=O)[C@@H]1CCCN1. The van der Waals surface area contributed by atoms with Crippen LogP contribution in [-0.2, 0) is 14.4 Å². The molecule has 0 aromatic heterocycles. The second kappa shape index (κ2) is 6.24. The third-order valence-corrected chi connectivity index (χ3v) is 5.04. The molecule has 3 aliphatic rings. The first-order valence-corrected chi connectivity index (χ1v) is 8.23. The van der Waals surface area contributed by atoms with Gasteiger partial charge >= 0.3 is 0 Å². The number of primary amides is 1. The van der Waals surface area contributed by atoms with E-state index in [-0.39, 0.29) is 17.9 Å². The van der Waals surface area contributed by atoms with Crippen LogP contribution >= 0.6 is 0 Å². The second-order valence-electron chi connectivity index (χ2n) is 6.43. The molecule has 0 aliphatic carbocycles. The molecule has 3 N–H and O–H groups in total. The lowest BCUT2D eigenvalue weighted by Crippen LogP contribution is -2.54. The van der Waals surface area contributed by atoms with E-state index in [1.54, 1.807) is 9.80 Å². The van der Waals surface area contributed by atoms with Crippen molar-refractivity contribution in [2.75, 3.05) is 19.6 Å². The molecule has 7 nitrogen and oxygen atoms in total. The summed E-state index contributed by atoms with van der Waals surface area (Å²) in [6, 6.07) is -1.08. The van der Waals surface area contributed by atoms with Crippen LogP contribution in [-0.4, -0.2) is 65.3 Å². The van der Waals surface area contributed by atoms with Crippen molar-refractivity contribution >= 4 is 17.7 Å². The van der Waals surface area contributed by atoms with Gasteiger partial charge in [-0.2, -0.15) is 0 Å². The van der Waals surface area contributed by atoms with E-state index >= 15 is 0 Å². The van der Waals surface area contributed by atoms with Crippen molar-refractivity contribution in [1.82, 2.24) is 15.1 Å². The second-order valence-corrected chi connectivity index (χ2v) is 6.43. The van der Waals surface area contributed by atoms with Gasteiger partial charge < -0.3 is 20.9 Å². The van der Waals surface area contributed by atoms with E-state index in [0.29, 0.717) is 25.9 Å². The molecule has 0 unspecified atom stereocenters. The quantitative estimate of drug-likeness (QED) is 0.714. The number of rotatable bonds is 3. The summed E-state index contributed by atoms with van der Waals surface area (Å²) in [5, 5.41) is 3.20. The molecule has 3 saturated heterocycles. The zero-order valence-corrected chi connectivity index (χ0v) is 12.8. The highest BCUT2D eigenvalue weighted by molar-refractivity contribution is 5.93. The fraction of sp³-hybridized carbons (Fsp3) is 0.800. The molecule has 0 saturated carbocycles. The van der Waals surface area contributed by atoms with Crippen LogP contribution < -0.4 is 11.1 Å². The molecule has 3 fully saturated rings. The Balaban J connectivity index is 1.70. The Kier molecular flexibility index (Phi) is 4.33. The Labute approximate surface area is 130 Å². The molecule has 0 bridgehead atoms. The van der Waals surface area contributed by atoms with E-state index in [1.807, 2.05) is 0 Å². The van der Waals surface area contributed by atoms with Crippen LogP contribution in [0.1, 0.15) is 38.5 Å². The van der Waals surface area contributed by atoms with E-state index in [0.717, 1.165) is 32.2 Å². The lowest BCUT2D eigenvalue weighted by Gasteiger charge is -2.31. The predicted molar refractivity (Wildman–Crippen MR) is 79.7 cm³/mol. The monoisotopic (exact) mass is 308 g/mol. The van der Waals surface area contributed by atoms with Crippen LogP contribution in [0.3, 0.4) is 0 Å². The third-order valence-electron chi connectivity index (χ3n) is 5.04. The average Bonchev–Trinajstić information content (AvgIpc) is 3.25. The number of hydrogen-bond donors (Lipinski definition) is 2. The Hall–Kier alpha value is -1.63. The predicted octanol–water partition coefficient (Wildman–Crippen LogP) is -0.794. The summed E-state index contributed by atoms with van der Waals surface area (Å²) in [7, 11) is 0. The molecule has 3 aliphatic heterocycles. The van der Waals surface area contributed by atoms with Gasteiger partial charge in [-0.1, -0.05) is 0 Å². The van der Waals surface area contributed by atoms with Gasteiger partial charge in [0.1, 0.15) is 12.1 Å². The Morgan fingerprint density at radius 3 is 2.09 bits per heavy atom. The van der Waals surface area contributed by atoms with Crippen LogP contribution in [0.5, 0.6) is 0 Å². The number of carbonyl (C=O) groups is 3. The zero-order chi connectivity index (χ0) is 15.7. The molecule has 7 heteroatoms. The summed E-state index contributed by atoms with van der Waals surface area (Å²) in [5.74, 6) is -0.521. The Bertz CT molecular complexity index is 475. The van der Waals surface area contributed by atoms with Gasteiger partial charge in [-0.25, -0.2) is 0 Å². The first-order valence-electron chi connectivity index (χ1n) is 8.23. The molecular weight excluding hydrogens is 284 g/mol. The molecule has 3 heterocycles. The summed E-state index contributed by atoms with van der Waals surface area (Å²) in [4.78, 5) is 40.2. The number of amides is 3. The average molecular weight is 308 g/mol. The van der Waals surface area contributed by atoms with Gasteiger partial charge in [-0.05, 0) is 45.1 Å². The largest absolute Gasteiger partial charge is 0.368 e. The highest BCUT2D eigenvalue weighted by Gasteiger charge is 2.42. The topological polar surface area (TPSA) is 95.7 Å². The van der Waals surface area contributed by atoms with Gasteiger partial charge in [0.15, 0.2) is 0 Å². The normalized spacial score (nSPS) is 31.7. The van der Waals surface area contributed by atoms with E-state index < -0.39 is 18.0 Å². The van der Waals surface area contributed by atoms with Crippen LogP contribution in [0.15, 0.2) is 0 Å². The van der Waals surface area contributed by atoms with Crippen molar-refractivity contribution in [1.29, 1.82) is 0 Å². The zero-order valence-electron chi connectivity index (χ0n) is 12.8. The summed E-state index contributed by atoms with van der Waals surface area (Å²) < 4.78 is 0. The minimum Gasteiger partial charge on any atom is -0.368 e. The Morgan fingerprint density at radius 2 is 1.50 bits per heavy atom. The van der Waals surface area contributed by atoms with Crippen molar-refractivity contribution in [3.63, 3.8) is 0 Å². The molecule has 0 spiro atoms. The molecular formula is C15H24N4O3. The molecule has 0 radical (unpaired) electrons. The molecule has 22 heavy (non-hydrogen) atoms. The number of hydrogen-bond acceptors (Lipinski definition) is 4. The lowest BCUT2D eigenvalue weighted by atomic mass is 10.1. The maximum absolute atomic E-state index is 12.8. The first-order chi connectivity index (χ1) is 10.6. The van der Waals surface area contributed by atoms with Crippen molar-refractivity contribution in [2.45, 2.75) is 56.7 Å². The lowest BCUT2D eigenvalue weighted by molar-refractivity contribution is -0.146. The van der Waals surface area contributed by atoms with Crippen LogP contribution in [0.4, 0.5) is 0 Å². The van der Waals surface area contributed by atoms with E-state index in [4.69, 9.17) is 5.73 Å². The Morgan fingerprint density at radius 1 is 0.864 bits per heavy atom. The maximum atomic E-state index is 12.8. The molecule has 3 atom stereocenters. The maximum Gasteiger partial charge on any atom is 0.246 e. The smallest absolute Gasteiger partial charge is 0.246 e. The fourth-order valence-corrected chi connectivity index (χ4v) is 3.90. The van der Waals surface area contributed by atoms with Gasteiger partial charge in [0, 0.05) is 13.1 Å². The highest BCUT2D eigenvalue weighted by Crippen LogP contribution is 2.26. The van der Waals surface area contributed by atoms with Crippen molar-refractivity contribution in [3.8, 4) is 0 Å². The summed E-state index contributed by atoms with van der Waals surface area (Å²) in [6.07, 6.45) is 4.78. The highest BCUT2D eigenvalue weighted by atomic mass is 16.2. The number of nitrogens with one attached hydrogen (secondary N) is 1. The van der Waals surface area contributed by atoms with Crippen LogP contribution in [0.25, 0.3) is 0 Å². The van der Waals surface area contributed by atoms with E-state index in [1.165, 1.54) is 0 Å². The van der Waals surface area contributed by atoms with E-state index in [2.05, 4.69) is 5.32 Å². The number of nitrogens with two attached hydrogens (primary N) is 1. The van der Waals surface area contributed by atoms with Gasteiger partial charge in [0.25, 0.3) is 0 Å². The van der Waals surface area contributed by atoms with Gasteiger partial charge in [0.05, 0.1) is 6.04 Å². The van der Waals surface area contributed by atoms with Crippen LogP contribution in [0.2, 0.25) is 0 Å². The fourth-order valence-electron chi connectivity index (χ4n) is 3.90. The number of nitrogens with zero attached hydrogens (tertiary/aromatic N) is 2. The minimum atomic E-state index is -0.505.